The second-order valence-electron chi connectivity index (χ2n) is 19.6. The Morgan fingerprint density at radius 1 is 0.625 bits per heavy atom. The minimum atomic E-state index is -0.868. The summed E-state index contributed by atoms with van der Waals surface area (Å²) in [7, 11) is 0. The molecule has 0 unspecified atom stereocenters. The number of hydrogen-bond donors (Lipinski definition) is 0. The van der Waals surface area contributed by atoms with Gasteiger partial charge in [0.1, 0.15) is 12.2 Å². The SMILES string of the molecule is CC(C)[C@H]1CC[C@H](C)C[C@@H]1OC(=O)/C(=C\c1ccc(Br)cc1)[C@@]1(/C=C/c2ccccc2)CCC(/C(=C/c2ccc(Br)cc2)C(=O)O[C@@H]2C[C@H](C)CC[C@H]2C(C)C)=C[C@@H]1c1ccccc1. The van der Waals surface area contributed by atoms with E-state index in [1.807, 2.05) is 66.7 Å². The fraction of sp³-hybridized carbons (Fsp3) is 0.414. The largest absolute Gasteiger partial charge is 0.459 e. The van der Waals surface area contributed by atoms with Gasteiger partial charge in [-0.3, -0.25) is 0 Å². The molecule has 0 heterocycles. The van der Waals surface area contributed by atoms with Gasteiger partial charge in [-0.15, -0.1) is 0 Å². The fourth-order valence-electron chi connectivity index (χ4n) is 10.6. The standard InChI is InChI=1S/C58H66Br2O4/c1-38(2)49-27-17-40(5)33-54(49)63-56(61)51(35-43-19-23-47(59)24-20-43)46-30-32-58(31-29-42-13-9-7-10-14-42,52(37-46)45-15-11-8-12-16-45)53(36-44-21-25-48(60)26-22-44)57(62)64-55-34-41(6)18-28-50(55)39(3)4/h7-16,19-26,29,31,35-41,49-50,52,54-55H,17-18,27-28,30,32-34H2,1-6H3/b31-29+,51-35-,53-36+/t40-,41+,49+,50-,52-,54-,55+,58+/m1/s1. The second kappa shape index (κ2) is 21.8. The van der Waals surface area contributed by atoms with Crippen LogP contribution in [0, 0.1) is 40.9 Å². The summed E-state index contributed by atoms with van der Waals surface area (Å²) >= 11 is 7.24. The van der Waals surface area contributed by atoms with E-state index in [-0.39, 0.29) is 36.0 Å². The molecule has 0 saturated heterocycles. The normalized spacial score (nSPS) is 26.8. The van der Waals surface area contributed by atoms with Crippen LogP contribution in [0.1, 0.15) is 121 Å². The maximum atomic E-state index is 15.5. The molecule has 8 atom stereocenters. The van der Waals surface area contributed by atoms with E-state index in [0.717, 1.165) is 75.3 Å². The topological polar surface area (TPSA) is 52.6 Å². The summed E-state index contributed by atoms with van der Waals surface area (Å²) in [5.41, 5.74) is 5.18. The number of ether oxygens (including phenoxy) is 2. The molecule has 0 aliphatic heterocycles. The molecule has 7 rings (SSSR count). The van der Waals surface area contributed by atoms with Crippen LogP contribution in [0.3, 0.4) is 0 Å². The zero-order valence-electron chi connectivity index (χ0n) is 38.5. The third-order valence-corrected chi connectivity index (χ3v) is 15.4. The van der Waals surface area contributed by atoms with Crippen molar-refractivity contribution in [1.29, 1.82) is 0 Å². The van der Waals surface area contributed by atoms with Gasteiger partial charge in [-0.2, -0.15) is 0 Å². The van der Waals surface area contributed by atoms with Crippen molar-refractivity contribution >= 4 is 62.0 Å². The van der Waals surface area contributed by atoms with Crippen molar-refractivity contribution in [2.24, 2.45) is 40.9 Å². The lowest BCUT2D eigenvalue weighted by Gasteiger charge is -2.44. The third kappa shape index (κ3) is 11.8. The molecule has 64 heavy (non-hydrogen) atoms. The number of benzene rings is 4. The summed E-state index contributed by atoms with van der Waals surface area (Å²) in [5, 5.41) is 0. The number of rotatable bonds is 13. The fourth-order valence-corrected chi connectivity index (χ4v) is 11.1. The van der Waals surface area contributed by atoms with Crippen molar-refractivity contribution in [2.75, 3.05) is 0 Å². The molecule has 2 saturated carbocycles. The Hall–Kier alpha value is -4.26. The van der Waals surface area contributed by atoms with Crippen LogP contribution in [-0.4, -0.2) is 24.1 Å². The summed E-state index contributed by atoms with van der Waals surface area (Å²) in [6, 6.07) is 37.0. The Morgan fingerprint density at radius 3 is 1.66 bits per heavy atom. The number of carbonyl (C=O) groups is 2. The van der Waals surface area contributed by atoms with Gasteiger partial charge in [0.05, 0.1) is 5.57 Å². The van der Waals surface area contributed by atoms with Crippen LogP contribution in [0.2, 0.25) is 0 Å². The Bertz CT molecular complexity index is 2310. The maximum Gasteiger partial charge on any atom is 0.338 e. The summed E-state index contributed by atoms with van der Waals surface area (Å²) in [6.07, 6.45) is 17.6. The highest BCUT2D eigenvalue weighted by molar-refractivity contribution is 9.10. The first-order chi connectivity index (χ1) is 30.8. The lowest BCUT2D eigenvalue weighted by molar-refractivity contribution is -0.153. The average molecular weight is 987 g/mol. The first kappa shape index (κ1) is 47.7. The van der Waals surface area contributed by atoms with Crippen LogP contribution in [0.15, 0.2) is 147 Å². The molecule has 0 amide bonds. The average Bonchev–Trinajstić information content (AvgIpc) is 3.28. The zero-order valence-corrected chi connectivity index (χ0v) is 41.7. The Kier molecular flexibility index (Phi) is 16.3. The molecule has 3 aliphatic rings. The van der Waals surface area contributed by atoms with Gasteiger partial charge >= 0.3 is 11.9 Å². The van der Waals surface area contributed by atoms with Gasteiger partial charge < -0.3 is 9.47 Å². The highest BCUT2D eigenvalue weighted by Crippen LogP contribution is 2.55. The lowest BCUT2D eigenvalue weighted by atomic mass is 9.60. The van der Waals surface area contributed by atoms with Crippen molar-refractivity contribution in [3.05, 3.63) is 169 Å². The molecular formula is C58H66Br2O4. The van der Waals surface area contributed by atoms with Gasteiger partial charge in [0.2, 0.25) is 0 Å². The predicted molar refractivity (Wildman–Crippen MR) is 271 cm³/mol. The van der Waals surface area contributed by atoms with Crippen molar-refractivity contribution in [3.63, 3.8) is 0 Å². The van der Waals surface area contributed by atoms with E-state index in [1.54, 1.807) is 0 Å². The molecule has 2 fully saturated rings. The molecule has 336 valence electrons. The van der Waals surface area contributed by atoms with E-state index in [9.17, 15) is 4.79 Å². The van der Waals surface area contributed by atoms with Crippen molar-refractivity contribution < 1.29 is 19.1 Å². The summed E-state index contributed by atoms with van der Waals surface area (Å²) < 4.78 is 15.5. The molecule has 4 aromatic rings. The highest BCUT2D eigenvalue weighted by atomic mass is 79.9. The minimum absolute atomic E-state index is 0.154. The Labute approximate surface area is 400 Å². The van der Waals surface area contributed by atoms with Crippen LogP contribution in [0.4, 0.5) is 0 Å². The van der Waals surface area contributed by atoms with E-state index in [4.69, 9.17) is 9.47 Å². The molecule has 0 radical (unpaired) electrons. The molecule has 6 heteroatoms. The molecule has 0 N–H and O–H groups in total. The van der Waals surface area contributed by atoms with Crippen LogP contribution >= 0.6 is 31.9 Å². The van der Waals surface area contributed by atoms with Gasteiger partial charge in [0, 0.05) is 25.9 Å². The van der Waals surface area contributed by atoms with Crippen LogP contribution in [-0.2, 0) is 19.1 Å². The van der Waals surface area contributed by atoms with Crippen LogP contribution in [0.5, 0.6) is 0 Å². The number of carbonyl (C=O) groups excluding carboxylic acids is 2. The van der Waals surface area contributed by atoms with E-state index < -0.39 is 5.41 Å². The van der Waals surface area contributed by atoms with Gasteiger partial charge in [0.25, 0.3) is 0 Å². The monoisotopic (exact) mass is 984 g/mol. The molecule has 0 bridgehead atoms. The second-order valence-corrected chi connectivity index (χ2v) is 21.5. The van der Waals surface area contributed by atoms with Gasteiger partial charge in [-0.1, -0.05) is 189 Å². The maximum absolute atomic E-state index is 15.5. The minimum Gasteiger partial charge on any atom is -0.459 e. The van der Waals surface area contributed by atoms with E-state index in [2.05, 4.69) is 146 Å². The van der Waals surface area contributed by atoms with E-state index >= 15 is 4.79 Å². The number of halogens is 2. The van der Waals surface area contributed by atoms with E-state index in [1.165, 1.54) is 0 Å². The van der Waals surface area contributed by atoms with Crippen molar-refractivity contribution in [3.8, 4) is 0 Å². The Balaban J connectivity index is 1.42. The predicted octanol–water partition coefficient (Wildman–Crippen LogP) is 15.9. The van der Waals surface area contributed by atoms with Crippen molar-refractivity contribution in [2.45, 2.75) is 111 Å². The quantitative estimate of drug-likeness (QED) is 0.0989. The summed E-state index contributed by atoms with van der Waals surface area (Å²) in [6.45, 7) is 13.6. The molecule has 3 aliphatic carbocycles. The third-order valence-electron chi connectivity index (χ3n) is 14.4. The molecule has 4 nitrogen and oxygen atoms in total. The van der Waals surface area contributed by atoms with E-state index in [0.29, 0.717) is 53.6 Å². The van der Waals surface area contributed by atoms with Gasteiger partial charge in [-0.25, -0.2) is 9.59 Å². The number of esters is 2. The first-order valence-corrected chi connectivity index (χ1v) is 25.3. The molecule has 0 aromatic heterocycles. The molecule has 0 spiro atoms. The van der Waals surface area contributed by atoms with Gasteiger partial charge in [0.15, 0.2) is 0 Å². The van der Waals surface area contributed by atoms with Crippen LogP contribution < -0.4 is 0 Å². The highest BCUT2D eigenvalue weighted by Gasteiger charge is 2.47. The number of allylic oxidation sites excluding steroid dienone is 2. The zero-order chi connectivity index (χ0) is 45.4. The Morgan fingerprint density at radius 2 is 1.12 bits per heavy atom. The smallest absolute Gasteiger partial charge is 0.338 e. The van der Waals surface area contributed by atoms with Crippen molar-refractivity contribution in [1.82, 2.24) is 0 Å². The molecular weight excluding hydrogens is 920 g/mol. The molecule has 4 aromatic carbocycles. The summed E-state index contributed by atoms with van der Waals surface area (Å²) in [4.78, 5) is 30.5. The number of hydrogen-bond acceptors (Lipinski definition) is 4. The first-order valence-electron chi connectivity index (χ1n) is 23.7. The van der Waals surface area contributed by atoms with Crippen LogP contribution in [0.25, 0.3) is 18.2 Å². The van der Waals surface area contributed by atoms with Gasteiger partial charge in [-0.05, 0) is 138 Å². The lowest BCUT2D eigenvalue weighted by Crippen LogP contribution is -2.40. The summed E-state index contributed by atoms with van der Waals surface area (Å²) in [5.74, 6) is 1.43.